The summed E-state index contributed by atoms with van der Waals surface area (Å²) in [5.74, 6) is -0.728. The maximum Gasteiger partial charge on any atom is 0.269 e. The summed E-state index contributed by atoms with van der Waals surface area (Å²) in [5.41, 5.74) is 0.673. The van der Waals surface area contributed by atoms with Crippen molar-refractivity contribution in [1.29, 1.82) is 0 Å². The van der Waals surface area contributed by atoms with E-state index in [2.05, 4.69) is 20.9 Å². The monoisotopic (exact) mass is 458 g/mol. The van der Waals surface area contributed by atoms with Gasteiger partial charge in [-0.3, -0.25) is 4.79 Å². The zero-order valence-corrected chi connectivity index (χ0v) is 16.6. The Morgan fingerprint density at radius 2 is 1.79 bits per heavy atom. The molecule has 5 nitrogen and oxygen atoms in total. The third kappa shape index (κ3) is 2.94. The first-order valence-electron chi connectivity index (χ1n) is 8.15. The van der Waals surface area contributed by atoms with Crippen LogP contribution in [0.15, 0.2) is 76.2 Å². The molecule has 0 saturated heterocycles. The van der Waals surface area contributed by atoms with Crippen molar-refractivity contribution in [2.24, 2.45) is 0 Å². The summed E-state index contributed by atoms with van der Waals surface area (Å²) < 4.78 is 42.7. The number of nitrogens with zero attached hydrogens (tertiary/aromatic N) is 2. The molecule has 0 fully saturated rings. The molecule has 0 aliphatic heterocycles. The van der Waals surface area contributed by atoms with E-state index in [1.807, 2.05) is 0 Å². The first-order valence-corrected chi connectivity index (χ1v) is 10.4. The number of rotatable bonds is 4. The molecule has 0 bridgehead atoms. The van der Waals surface area contributed by atoms with E-state index in [0.717, 1.165) is 10.0 Å². The fraction of sp³-hybridized carbons (Fsp3) is 0. The van der Waals surface area contributed by atoms with E-state index in [9.17, 15) is 17.6 Å². The van der Waals surface area contributed by atoms with Crippen LogP contribution in [0.25, 0.3) is 22.3 Å². The molecule has 140 valence electrons. The van der Waals surface area contributed by atoms with Crippen molar-refractivity contribution >= 4 is 43.3 Å². The quantitative estimate of drug-likeness (QED) is 0.417. The van der Waals surface area contributed by atoms with Gasteiger partial charge in [0.05, 0.1) is 16.2 Å². The van der Waals surface area contributed by atoms with Gasteiger partial charge < -0.3 is 0 Å². The number of carbonyl (C=O) groups is 1. The van der Waals surface area contributed by atoms with Crippen molar-refractivity contribution in [3.63, 3.8) is 0 Å². The molecule has 0 aliphatic rings. The van der Waals surface area contributed by atoms with E-state index >= 15 is 0 Å². The number of hydrogen-bond acceptors (Lipinski definition) is 4. The van der Waals surface area contributed by atoms with Crippen LogP contribution >= 0.6 is 15.9 Å². The van der Waals surface area contributed by atoms with E-state index in [1.165, 1.54) is 30.5 Å². The summed E-state index contributed by atoms with van der Waals surface area (Å²) >= 11 is 3.41. The molecule has 0 radical (unpaired) electrons. The normalized spacial score (nSPS) is 11.6. The molecule has 2 aromatic heterocycles. The van der Waals surface area contributed by atoms with Gasteiger partial charge in [-0.05, 0) is 52.3 Å². The van der Waals surface area contributed by atoms with Crippen molar-refractivity contribution in [3.05, 3.63) is 82.7 Å². The Kier molecular flexibility index (Phi) is 4.60. The van der Waals surface area contributed by atoms with Gasteiger partial charge in [0.1, 0.15) is 5.82 Å². The molecule has 4 rings (SSSR count). The largest absolute Gasteiger partial charge is 0.298 e. The van der Waals surface area contributed by atoms with Gasteiger partial charge in [-0.25, -0.2) is 21.8 Å². The van der Waals surface area contributed by atoms with Crippen LogP contribution in [0.2, 0.25) is 0 Å². The van der Waals surface area contributed by atoms with E-state index in [4.69, 9.17) is 0 Å². The summed E-state index contributed by atoms with van der Waals surface area (Å²) in [5, 5.41) is 0.567. The van der Waals surface area contributed by atoms with E-state index in [1.54, 1.807) is 30.3 Å². The van der Waals surface area contributed by atoms with Gasteiger partial charge in [0.25, 0.3) is 10.0 Å². The standard InChI is InChI=1S/C20H12BrFN2O3S/c21-17-8-9-23-20-16(17)11-19(13-6-7-14(12-25)18(22)10-13)24(20)28(26,27)15-4-2-1-3-5-15/h1-12H. The van der Waals surface area contributed by atoms with Gasteiger partial charge in [0, 0.05) is 21.6 Å². The molecule has 0 amide bonds. The Morgan fingerprint density at radius 3 is 2.46 bits per heavy atom. The number of fused-ring (bicyclic) bond motifs is 1. The van der Waals surface area contributed by atoms with Gasteiger partial charge in [0.15, 0.2) is 11.9 Å². The van der Waals surface area contributed by atoms with Crippen LogP contribution in [0, 0.1) is 5.82 Å². The highest BCUT2D eigenvalue weighted by Gasteiger charge is 2.25. The van der Waals surface area contributed by atoms with Crippen molar-refractivity contribution in [3.8, 4) is 11.3 Å². The molecule has 0 N–H and O–H groups in total. The highest BCUT2D eigenvalue weighted by atomic mass is 79.9. The van der Waals surface area contributed by atoms with Gasteiger partial charge in [-0.15, -0.1) is 0 Å². The van der Waals surface area contributed by atoms with Crippen LogP contribution in [-0.2, 0) is 10.0 Å². The number of hydrogen-bond donors (Lipinski definition) is 0. The Morgan fingerprint density at radius 1 is 1.04 bits per heavy atom. The highest BCUT2D eigenvalue weighted by Crippen LogP contribution is 2.34. The molecule has 2 heterocycles. The predicted octanol–water partition coefficient (Wildman–Crippen LogP) is 4.65. The summed E-state index contributed by atoms with van der Waals surface area (Å²) in [6.45, 7) is 0. The smallest absolute Gasteiger partial charge is 0.269 e. The molecule has 28 heavy (non-hydrogen) atoms. The first-order chi connectivity index (χ1) is 13.4. The lowest BCUT2D eigenvalue weighted by atomic mass is 10.1. The summed E-state index contributed by atoms with van der Waals surface area (Å²) in [6, 6.07) is 15.2. The number of carbonyl (C=O) groups excluding carboxylic acids is 1. The molecular weight excluding hydrogens is 447 g/mol. The maximum atomic E-state index is 14.2. The average Bonchev–Trinajstić information content (AvgIpc) is 3.10. The van der Waals surface area contributed by atoms with Crippen LogP contribution in [-0.4, -0.2) is 23.7 Å². The Hall–Kier alpha value is -2.84. The SMILES string of the molecule is O=Cc1ccc(-c2cc3c(Br)ccnc3n2S(=O)(=O)c2ccccc2)cc1F. The average molecular weight is 459 g/mol. The molecule has 0 aliphatic carbocycles. The van der Waals surface area contributed by atoms with Crippen molar-refractivity contribution in [1.82, 2.24) is 8.96 Å². The second-order valence-electron chi connectivity index (χ2n) is 6.00. The van der Waals surface area contributed by atoms with Crippen molar-refractivity contribution in [2.75, 3.05) is 0 Å². The minimum absolute atomic E-state index is 0.0838. The van der Waals surface area contributed by atoms with Crippen LogP contribution in [0.5, 0.6) is 0 Å². The number of aldehydes is 1. The fourth-order valence-corrected chi connectivity index (χ4v) is 4.88. The number of pyridine rings is 1. The zero-order chi connectivity index (χ0) is 19.9. The van der Waals surface area contributed by atoms with Crippen LogP contribution in [0.3, 0.4) is 0 Å². The third-order valence-corrected chi connectivity index (χ3v) is 6.72. The number of benzene rings is 2. The minimum atomic E-state index is -4.00. The lowest BCUT2D eigenvalue weighted by molar-refractivity contribution is 0.112. The number of halogens is 2. The summed E-state index contributed by atoms with van der Waals surface area (Å²) in [7, 11) is -4.00. The minimum Gasteiger partial charge on any atom is -0.298 e. The molecule has 0 unspecified atom stereocenters. The van der Waals surface area contributed by atoms with Crippen molar-refractivity contribution in [2.45, 2.75) is 4.90 Å². The molecular formula is C20H12BrFN2O3S. The molecule has 0 atom stereocenters. The predicted molar refractivity (Wildman–Crippen MR) is 107 cm³/mol. The third-order valence-electron chi connectivity index (χ3n) is 4.31. The Labute approximate surface area is 168 Å². The second kappa shape index (κ2) is 6.96. The Bertz CT molecular complexity index is 1320. The molecule has 4 aromatic rings. The van der Waals surface area contributed by atoms with Crippen LogP contribution < -0.4 is 0 Å². The van der Waals surface area contributed by atoms with Gasteiger partial charge in [-0.2, -0.15) is 0 Å². The molecule has 8 heteroatoms. The van der Waals surface area contributed by atoms with Gasteiger partial charge in [0.2, 0.25) is 0 Å². The van der Waals surface area contributed by atoms with Crippen LogP contribution in [0.1, 0.15) is 10.4 Å². The van der Waals surface area contributed by atoms with Gasteiger partial charge >= 0.3 is 0 Å². The summed E-state index contributed by atoms with van der Waals surface area (Å²) in [4.78, 5) is 15.2. The second-order valence-corrected chi connectivity index (χ2v) is 8.64. The van der Waals surface area contributed by atoms with E-state index < -0.39 is 15.8 Å². The summed E-state index contributed by atoms with van der Waals surface area (Å²) in [6.07, 6.45) is 1.90. The molecule has 0 spiro atoms. The van der Waals surface area contributed by atoms with Gasteiger partial charge in [-0.1, -0.05) is 24.3 Å². The first kappa shape index (κ1) is 18.5. The lowest BCUT2D eigenvalue weighted by Gasteiger charge is -2.12. The number of aromatic nitrogens is 2. The fourth-order valence-electron chi connectivity index (χ4n) is 2.97. The van der Waals surface area contributed by atoms with E-state index in [0.29, 0.717) is 21.7 Å². The molecule has 2 aromatic carbocycles. The lowest BCUT2D eigenvalue weighted by Crippen LogP contribution is -2.14. The maximum absolute atomic E-state index is 14.2. The molecule has 0 saturated carbocycles. The topological polar surface area (TPSA) is 69.0 Å². The Balaban J connectivity index is 2.08. The van der Waals surface area contributed by atoms with E-state index in [-0.39, 0.29) is 21.8 Å². The zero-order valence-electron chi connectivity index (χ0n) is 14.2. The van der Waals surface area contributed by atoms with Crippen molar-refractivity contribution < 1.29 is 17.6 Å². The van der Waals surface area contributed by atoms with Crippen LogP contribution in [0.4, 0.5) is 4.39 Å². The highest BCUT2D eigenvalue weighted by molar-refractivity contribution is 9.10.